The summed E-state index contributed by atoms with van der Waals surface area (Å²) in [5, 5.41) is 0.550. The highest BCUT2D eigenvalue weighted by Gasteiger charge is 2.68. The second-order valence-corrected chi connectivity index (χ2v) is 7.14. The fourth-order valence-electron chi connectivity index (χ4n) is 3.96. The second-order valence-electron chi connectivity index (χ2n) is 6.70. The predicted octanol–water partition coefficient (Wildman–Crippen LogP) is 4.05. The minimum atomic E-state index is -1.34. The van der Waals surface area contributed by atoms with Crippen LogP contribution in [-0.2, 0) is 19.9 Å². The Morgan fingerprint density at radius 3 is 2.57 bits per heavy atom. The molecule has 1 aliphatic heterocycles. The lowest BCUT2D eigenvalue weighted by Gasteiger charge is -2.53. The van der Waals surface area contributed by atoms with E-state index in [9.17, 15) is 9.59 Å². The van der Waals surface area contributed by atoms with Crippen molar-refractivity contribution < 1.29 is 14.3 Å². The molecule has 0 saturated carbocycles. The highest BCUT2D eigenvalue weighted by atomic mass is 35.5. The second kappa shape index (κ2) is 6.95. The normalized spacial score (nSPS) is 21.6. The Balaban J connectivity index is 1.94. The molecule has 1 amide bonds. The summed E-state index contributed by atoms with van der Waals surface area (Å²) < 4.78 is 5.44. The fraction of sp³-hybridized carbons (Fsp3) is 0.286. The number of aromatic nitrogens is 2. The van der Waals surface area contributed by atoms with Crippen LogP contribution in [0.5, 0.6) is 0 Å². The number of aromatic amines is 1. The molecule has 1 fully saturated rings. The van der Waals surface area contributed by atoms with Gasteiger partial charge in [-0.1, -0.05) is 30.7 Å². The summed E-state index contributed by atoms with van der Waals surface area (Å²) in [6.45, 7) is 3.84. The first-order chi connectivity index (χ1) is 13.5. The van der Waals surface area contributed by atoms with Gasteiger partial charge in [0.05, 0.1) is 23.6 Å². The number of hydrogen-bond acceptors (Lipinski definition) is 4. The number of hydrogen-bond donors (Lipinski definition) is 1. The molecule has 2 aromatic carbocycles. The molecule has 1 aromatic heterocycles. The lowest BCUT2D eigenvalue weighted by molar-refractivity contribution is -0.164. The maximum Gasteiger partial charge on any atom is 0.341 e. The smallest absolute Gasteiger partial charge is 0.341 e. The lowest BCUT2D eigenvalue weighted by Crippen LogP contribution is -2.73. The highest BCUT2D eigenvalue weighted by molar-refractivity contribution is 6.30. The third-order valence-electron chi connectivity index (χ3n) is 5.21. The van der Waals surface area contributed by atoms with E-state index in [0.717, 1.165) is 11.0 Å². The van der Waals surface area contributed by atoms with Gasteiger partial charge >= 0.3 is 5.97 Å². The standard InChI is InChI=1S/C21H20ClN3O3/c1-3-15-18(26)25(14-11-9-13(22)10-12-14)21(15,20(27)28-4-2)19-23-16-7-5-6-8-17(16)24-19/h5-12,15H,3-4H2,1-2H3,(H,23,24). The van der Waals surface area contributed by atoms with Crippen LogP contribution >= 0.6 is 11.6 Å². The van der Waals surface area contributed by atoms with Crippen molar-refractivity contribution in [3.05, 3.63) is 59.4 Å². The average molecular weight is 398 g/mol. The van der Waals surface area contributed by atoms with E-state index in [1.807, 2.05) is 31.2 Å². The number of para-hydroxylation sites is 2. The van der Waals surface area contributed by atoms with Gasteiger partial charge in [0, 0.05) is 10.7 Å². The molecule has 0 bridgehead atoms. The molecular weight excluding hydrogens is 378 g/mol. The number of nitrogens with one attached hydrogen (secondary N) is 1. The number of carbonyl (C=O) groups excluding carboxylic acids is 2. The van der Waals surface area contributed by atoms with Crippen molar-refractivity contribution in [1.82, 2.24) is 9.97 Å². The summed E-state index contributed by atoms with van der Waals surface area (Å²) in [4.78, 5) is 35.7. The molecule has 2 atom stereocenters. The minimum absolute atomic E-state index is 0.140. The molecule has 6 nitrogen and oxygen atoms in total. The van der Waals surface area contributed by atoms with Crippen molar-refractivity contribution in [1.29, 1.82) is 0 Å². The van der Waals surface area contributed by atoms with Crippen molar-refractivity contribution >= 4 is 40.2 Å². The average Bonchev–Trinajstić information content (AvgIpc) is 3.12. The van der Waals surface area contributed by atoms with Gasteiger partial charge in [-0.3, -0.25) is 9.69 Å². The van der Waals surface area contributed by atoms with E-state index in [1.165, 1.54) is 4.90 Å². The van der Waals surface area contributed by atoms with Crippen LogP contribution in [0.3, 0.4) is 0 Å². The number of esters is 1. The molecule has 1 N–H and O–H groups in total. The van der Waals surface area contributed by atoms with Gasteiger partial charge in [-0.25, -0.2) is 9.78 Å². The van der Waals surface area contributed by atoms with E-state index in [4.69, 9.17) is 16.3 Å². The molecule has 0 radical (unpaired) electrons. The Hall–Kier alpha value is -2.86. The van der Waals surface area contributed by atoms with E-state index in [1.54, 1.807) is 31.2 Å². The number of benzene rings is 2. The maximum absolute atomic E-state index is 13.3. The van der Waals surface area contributed by atoms with Gasteiger partial charge in [-0.15, -0.1) is 0 Å². The molecule has 144 valence electrons. The van der Waals surface area contributed by atoms with Crippen molar-refractivity contribution in [2.75, 3.05) is 11.5 Å². The number of nitrogens with zero attached hydrogens (tertiary/aromatic N) is 2. The number of carbonyl (C=O) groups is 2. The Labute approximate surface area is 167 Å². The maximum atomic E-state index is 13.3. The van der Waals surface area contributed by atoms with Crippen LogP contribution < -0.4 is 4.90 Å². The van der Waals surface area contributed by atoms with Gasteiger partial charge < -0.3 is 9.72 Å². The van der Waals surface area contributed by atoms with Crippen LogP contribution in [0.2, 0.25) is 5.02 Å². The Morgan fingerprint density at radius 1 is 1.21 bits per heavy atom. The molecule has 2 heterocycles. The highest BCUT2D eigenvalue weighted by Crippen LogP contribution is 2.50. The number of ether oxygens (including phenoxy) is 1. The van der Waals surface area contributed by atoms with Crippen LogP contribution in [0.25, 0.3) is 11.0 Å². The third-order valence-corrected chi connectivity index (χ3v) is 5.46. The van der Waals surface area contributed by atoms with Crippen molar-refractivity contribution in [2.24, 2.45) is 5.92 Å². The van der Waals surface area contributed by atoms with Crippen molar-refractivity contribution in [3.63, 3.8) is 0 Å². The zero-order valence-electron chi connectivity index (χ0n) is 15.6. The minimum Gasteiger partial charge on any atom is -0.464 e. The van der Waals surface area contributed by atoms with Gasteiger partial charge in [-0.2, -0.15) is 0 Å². The fourth-order valence-corrected chi connectivity index (χ4v) is 4.09. The van der Waals surface area contributed by atoms with E-state index in [2.05, 4.69) is 9.97 Å². The first-order valence-corrected chi connectivity index (χ1v) is 9.63. The molecule has 7 heteroatoms. The number of anilines is 1. The number of amides is 1. The van der Waals surface area contributed by atoms with E-state index in [0.29, 0.717) is 23.0 Å². The SMILES string of the molecule is CCOC(=O)C1(c2nc3ccccc3[nH]2)C(CC)C(=O)N1c1ccc(Cl)cc1. The summed E-state index contributed by atoms with van der Waals surface area (Å²) in [6, 6.07) is 14.4. The Kier molecular flexibility index (Phi) is 4.59. The molecule has 0 spiro atoms. The molecule has 1 saturated heterocycles. The topological polar surface area (TPSA) is 75.3 Å². The molecule has 0 aliphatic carbocycles. The number of imidazole rings is 1. The third kappa shape index (κ3) is 2.52. The largest absolute Gasteiger partial charge is 0.464 e. The summed E-state index contributed by atoms with van der Waals surface area (Å²) in [7, 11) is 0. The molecule has 1 aliphatic rings. The van der Waals surface area contributed by atoms with Gasteiger partial charge in [0.2, 0.25) is 11.4 Å². The van der Waals surface area contributed by atoms with Gasteiger partial charge in [0.25, 0.3) is 0 Å². The van der Waals surface area contributed by atoms with E-state index < -0.39 is 17.4 Å². The van der Waals surface area contributed by atoms with E-state index in [-0.39, 0.29) is 12.5 Å². The first-order valence-electron chi connectivity index (χ1n) is 9.26. The van der Waals surface area contributed by atoms with Crippen LogP contribution in [0, 0.1) is 5.92 Å². The molecular formula is C21H20ClN3O3. The van der Waals surface area contributed by atoms with Crippen LogP contribution in [0.4, 0.5) is 5.69 Å². The summed E-state index contributed by atoms with van der Waals surface area (Å²) in [5.41, 5.74) is 0.764. The quantitative estimate of drug-likeness (QED) is 0.520. The van der Waals surface area contributed by atoms with Gasteiger partial charge in [0.1, 0.15) is 5.82 Å². The monoisotopic (exact) mass is 397 g/mol. The van der Waals surface area contributed by atoms with Crippen LogP contribution in [0.1, 0.15) is 26.1 Å². The summed E-state index contributed by atoms with van der Waals surface area (Å²) >= 11 is 6.01. The molecule has 28 heavy (non-hydrogen) atoms. The van der Waals surface area contributed by atoms with Gasteiger partial charge in [0.15, 0.2) is 0 Å². The Morgan fingerprint density at radius 2 is 1.93 bits per heavy atom. The number of H-pyrrole nitrogens is 1. The first kappa shape index (κ1) is 18.5. The van der Waals surface area contributed by atoms with Crippen LogP contribution in [0.15, 0.2) is 48.5 Å². The zero-order valence-corrected chi connectivity index (χ0v) is 16.4. The predicted molar refractivity (Wildman–Crippen MR) is 107 cm³/mol. The molecule has 2 unspecified atom stereocenters. The number of rotatable bonds is 5. The Bertz CT molecular complexity index is 1010. The van der Waals surface area contributed by atoms with Gasteiger partial charge in [-0.05, 0) is 49.7 Å². The summed E-state index contributed by atoms with van der Waals surface area (Å²) in [6.07, 6.45) is 0.485. The number of β-lactam (4-membered cyclic amide) rings is 1. The number of halogens is 1. The zero-order chi connectivity index (χ0) is 19.9. The molecule has 3 aromatic rings. The number of fused-ring (bicyclic) bond motifs is 1. The van der Waals surface area contributed by atoms with E-state index >= 15 is 0 Å². The van der Waals surface area contributed by atoms with Crippen molar-refractivity contribution in [3.8, 4) is 0 Å². The summed E-state index contributed by atoms with van der Waals surface area (Å²) in [5.74, 6) is -0.787. The lowest BCUT2D eigenvalue weighted by atomic mass is 9.70. The van der Waals surface area contributed by atoms with Crippen LogP contribution in [-0.4, -0.2) is 28.5 Å². The molecule has 4 rings (SSSR count). The van der Waals surface area contributed by atoms with Crippen molar-refractivity contribution in [2.45, 2.75) is 25.8 Å².